The Morgan fingerprint density at radius 1 is 1.26 bits per heavy atom. The molecule has 3 rings (SSSR count). The van der Waals surface area contributed by atoms with Crippen molar-refractivity contribution in [3.63, 3.8) is 0 Å². The molecule has 1 fully saturated rings. The summed E-state index contributed by atoms with van der Waals surface area (Å²) in [6.07, 6.45) is 4.34. The van der Waals surface area contributed by atoms with Gasteiger partial charge in [0.2, 0.25) is 5.91 Å². The molecule has 23 heavy (non-hydrogen) atoms. The summed E-state index contributed by atoms with van der Waals surface area (Å²) in [5, 5.41) is 3.99. The molecule has 0 aliphatic heterocycles. The van der Waals surface area contributed by atoms with Gasteiger partial charge in [0.1, 0.15) is 0 Å². The van der Waals surface area contributed by atoms with Gasteiger partial charge < -0.3 is 4.98 Å². The van der Waals surface area contributed by atoms with Crippen LogP contribution in [0, 0.1) is 5.92 Å². The summed E-state index contributed by atoms with van der Waals surface area (Å²) in [7, 11) is 0. The second-order valence-electron chi connectivity index (χ2n) is 7.18. The van der Waals surface area contributed by atoms with Gasteiger partial charge in [0, 0.05) is 12.1 Å². The first-order chi connectivity index (χ1) is 10.9. The number of rotatable bonds is 4. The SMILES string of the molecule is CC(C)(C)c1ccc([C@@H]2C[C@H]2C(=O)N/N=C/c2ccc[nH]2)cc1. The Balaban J connectivity index is 1.55. The van der Waals surface area contributed by atoms with E-state index in [1.807, 2.05) is 18.3 Å². The number of hydrogen-bond acceptors (Lipinski definition) is 2. The highest BCUT2D eigenvalue weighted by Gasteiger charge is 2.43. The monoisotopic (exact) mass is 309 g/mol. The van der Waals surface area contributed by atoms with E-state index in [-0.39, 0.29) is 17.2 Å². The first kappa shape index (κ1) is 15.5. The molecule has 1 aliphatic rings. The van der Waals surface area contributed by atoms with Crippen molar-refractivity contribution < 1.29 is 4.79 Å². The molecule has 1 aromatic heterocycles. The predicted octanol–water partition coefficient (Wildman–Crippen LogP) is 3.57. The van der Waals surface area contributed by atoms with Gasteiger partial charge in [0.25, 0.3) is 0 Å². The number of hydrogen-bond donors (Lipinski definition) is 2. The van der Waals surface area contributed by atoms with E-state index in [4.69, 9.17) is 0 Å². The maximum absolute atomic E-state index is 12.1. The fourth-order valence-corrected chi connectivity index (χ4v) is 2.76. The van der Waals surface area contributed by atoms with Crippen LogP contribution in [0.1, 0.15) is 49.9 Å². The lowest BCUT2D eigenvalue weighted by Gasteiger charge is -2.19. The van der Waals surface area contributed by atoms with Gasteiger partial charge in [-0.25, -0.2) is 5.43 Å². The third-order valence-corrected chi connectivity index (χ3v) is 4.33. The molecule has 1 saturated carbocycles. The molecule has 0 spiro atoms. The summed E-state index contributed by atoms with van der Waals surface area (Å²) >= 11 is 0. The van der Waals surface area contributed by atoms with Crippen molar-refractivity contribution in [1.29, 1.82) is 0 Å². The summed E-state index contributed by atoms with van der Waals surface area (Å²) in [6, 6.07) is 12.4. The Bertz CT molecular complexity index is 693. The number of carbonyl (C=O) groups is 1. The summed E-state index contributed by atoms with van der Waals surface area (Å²) < 4.78 is 0. The van der Waals surface area contributed by atoms with Gasteiger partial charge in [0.05, 0.1) is 11.9 Å². The molecule has 1 aromatic carbocycles. The van der Waals surface area contributed by atoms with E-state index in [2.05, 4.69) is 60.5 Å². The molecule has 120 valence electrons. The Morgan fingerprint density at radius 2 is 2.00 bits per heavy atom. The normalized spacial score (nSPS) is 20.7. The van der Waals surface area contributed by atoms with Crippen molar-refractivity contribution in [2.45, 2.75) is 38.5 Å². The van der Waals surface area contributed by atoms with Gasteiger partial charge in [-0.15, -0.1) is 0 Å². The summed E-state index contributed by atoms with van der Waals surface area (Å²) in [5.41, 5.74) is 6.22. The zero-order valence-electron chi connectivity index (χ0n) is 13.8. The molecule has 2 aromatic rings. The van der Waals surface area contributed by atoms with E-state index >= 15 is 0 Å². The Labute approximate surface area is 137 Å². The minimum atomic E-state index is -0.00213. The first-order valence-corrected chi connectivity index (χ1v) is 8.02. The Hall–Kier alpha value is -2.36. The van der Waals surface area contributed by atoms with Crippen molar-refractivity contribution in [2.24, 2.45) is 11.0 Å². The molecule has 1 heterocycles. The molecule has 2 N–H and O–H groups in total. The fourth-order valence-electron chi connectivity index (χ4n) is 2.76. The molecule has 0 unspecified atom stereocenters. The first-order valence-electron chi connectivity index (χ1n) is 8.02. The maximum atomic E-state index is 12.1. The summed E-state index contributed by atoms with van der Waals surface area (Å²) in [5.74, 6) is 0.360. The highest BCUT2D eigenvalue weighted by molar-refractivity contribution is 5.84. The van der Waals surface area contributed by atoms with Crippen molar-refractivity contribution >= 4 is 12.1 Å². The molecule has 0 radical (unpaired) electrons. The van der Waals surface area contributed by atoms with Gasteiger partial charge in [-0.1, -0.05) is 45.0 Å². The molecule has 4 nitrogen and oxygen atoms in total. The van der Waals surface area contributed by atoms with Gasteiger partial charge in [-0.05, 0) is 41.0 Å². The molecule has 0 bridgehead atoms. The molecule has 0 saturated heterocycles. The van der Waals surface area contributed by atoms with Crippen LogP contribution in [0.15, 0.2) is 47.7 Å². The minimum absolute atomic E-state index is 0.00213. The van der Waals surface area contributed by atoms with Crippen molar-refractivity contribution in [2.75, 3.05) is 0 Å². The van der Waals surface area contributed by atoms with Gasteiger partial charge >= 0.3 is 0 Å². The van der Waals surface area contributed by atoms with E-state index in [0.717, 1.165) is 12.1 Å². The van der Waals surface area contributed by atoms with Crippen LogP contribution in [-0.2, 0) is 10.2 Å². The molecule has 2 atom stereocenters. The smallest absolute Gasteiger partial charge is 0.243 e. The average Bonchev–Trinajstić information content (AvgIpc) is 3.15. The number of H-pyrrole nitrogens is 1. The highest BCUT2D eigenvalue weighted by Crippen LogP contribution is 2.47. The zero-order chi connectivity index (χ0) is 16.4. The summed E-state index contributed by atoms with van der Waals surface area (Å²) in [4.78, 5) is 15.1. The predicted molar refractivity (Wildman–Crippen MR) is 92.5 cm³/mol. The number of benzene rings is 1. The Kier molecular flexibility index (Phi) is 4.07. The van der Waals surface area contributed by atoms with Gasteiger partial charge in [-0.3, -0.25) is 4.79 Å². The molecule has 1 aliphatic carbocycles. The molecule has 1 amide bonds. The van der Waals surface area contributed by atoms with E-state index in [1.165, 1.54) is 11.1 Å². The average molecular weight is 309 g/mol. The topological polar surface area (TPSA) is 57.2 Å². The molecule has 4 heteroatoms. The second kappa shape index (κ2) is 6.03. The number of aromatic amines is 1. The van der Waals surface area contributed by atoms with E-state index in [0.29, 0.717) is 5.92 Å². The standard InChI is InChI=1S/C19H23N3O/c1-19(2,3)14-8-6-13(7-9-14)16-11-17(16)18(23)22-21-12-15-5-4-10-20-15/h4-10,12,16-17,20H,11H2,1-3H3,(H,22,23)/b21-12+/t16-,17+/m0/s1. The fraction of sp³-hybridized carbons (Fsp3) is 0.368. The number of nitrogens with one attached hydrogen (secondary N) is 2. The lowest BCUT2D eigenvalue weighted by atomic mass is 9.86. The van der Waals surface area contributed by atoms with Crippen LogP contribution in [0.2, 0.25) is 0 Å². The lowest BCUT2D eigenvalue weighted by molar-refractivity contribution is -0.122. The van der Waals surface area contributed by atoms with Crippen LogP contribution in [0.4, 0.5) is 0 Å². The quantitative estimate of drug-likeness (QED) is 0.658. The van der Waals surface area contributed by atoms with Crippen molar-refractivity contribution in [1.82, 2.24) is 10.4 Å². The highest BCUT2D eigenvalue weighted by atomic mass is 16.2. The molecular weight excluding hydrogens is 286 g/mol. The van der Waals surface area contributed by atoms with Crippen LogP contribution < -0.4 is 5.43 Å². The lowest BCUT2D eigenvalue weighted by Crippen LogP contribution is -2.20. The van der Waals surface area contributed by atoms with E-state index < -0.39 is 0 Å². The molecular formula is C19H23N3O. The van der Waals surface area contributed by atoms with Gasteiger partial charge in [-0.2, -0.15) is 5.10 Å². The van der Waals surface area contributed by atoms with Crippen LogP contribution >= 0.6 is 0 Å². The Morgan fingerprint density at radius 3 is 2.61 bits per heavy atom. The number of nitrogens with zero attached hydrogens (tertiary/aromatic N) is 1. The number of amides is 1. The third kappa shape index (κ3) is 3.70. The van der Waals surface area contributed by atoms with Crippen LogP contribution in [0.5, 0.6) is 0 Å². The second-order valence-corrected chi connectivity index (χ2v) is 7.18. The van der Waals surface area contributed by atoms with Crippen LogP contribution in [0.25, 0.3) is 0 Å². The maximum Gasteiger partial charge on any atom is 0.243 e. The third-order valence-electron chi connectivity index (χ3n) is 4.33. The number of carbonyl (C=O) groups excluding carboxylic acids is 1. The number of aromatic nitrogens is 1. The summed E-state index contributed by atoms with van der Waals surface area (Å²) in [6.45, 7) is 6.62. The van der Waals surface area contributed by atoms with Crippen LogP contribution in [0.3, 0.4) is 0 Å². The van der Waals surface area contributed by atoms with E-state index in [9.17, 15) is 4.79 Å². The van der Waals surface area contributed by atoms with E-state index in [1.54, 1.807) is 6.21 Å². The minimum Gasteiger partial charge on any atom is -0.360 e. The van der Waals surface area contributed by atoms with Crippen molar-refractivity contribution in [3.8, 4) is 0 Å². The van der Waals surface area contributed by atoms with Crippen molar-refractivity contribution in [3.05, 3.63) is 59.4 Å². The van der Waals surface area contributed by atoms with Gasteiger partial charge in [0.15, 0.2) is 0 Å². The zero-order valence-corrected chi connectivity index (χ0v) is 13.8. The van der Waals surface area contributed by atoms with Crippen LogP contribution in [-0.4, -0.2) is 17.1 Å². The largest absolute Gasteiger partial charge is 0.360 e. The number of hydrazone groups is 1.